The number of nitrogens with two attached hydrogens (primary N) is 1. The number of rotatable bonds is 2. The Bertz CT molecular complexity index is 1240. The van der Waals surface area contributed by atoms with Gasteiger partial charge in [-0.25, -0.2) is 13.5 Å². The zero-order chi connectivity index (χ0) is 23.1. The molecule has 2 fully saturated rings. The van der Waals surface area contributed by atoms with E-state index in [4.69, 9.17) is 5.73 Å². The molecule has 5 rings (SSSR count). The fraction of sp³-hybridized carbons (Fsp3) is 0.417. The summed E-state index contributed by atoms with van der Waals surface area (Å²) in [6.07, 6.45) is 0.666. The third-order valence-electron chi connectivity index (χ3n) is 7.40. The van der Waals surface area contributed by atoms with Crippen molar-refractivity contribution in [1.82, 2.24) is 14.7 Å². The molecule has 0 radical (unpaired) electrons. The van der Waals surface area contributed by atoms with Gasteiger partial charge in [-0.05, 0) is 24.6 Å². The predicted octanol–water partition coefficient (Wildman–Crippen LogP) is 2.27. The van der Waals surface area contributed by atoms with Crippen LogP contribution in [-0.2, 0) is 12.8 Å². The number of aromatic nitrogens is 2. The van der Waals surface area contributed by atoms with Crippen LogP contribution in [-0.4, -0.2) is 50.8 Å². The second kappa shape index (κ2) is 6.42. The Morgan fingerprint density at radius 2 is 2.16 bits per heavy atom. The molecule has 0 spiro atoms. The highest BCUT2D eigenvalue weighted by Gasteiger charge is 2.78. The van der Waals surface area contributed by atoms with Crippen LogP contribution in [0.3, 0.4) is 0 Å². The van der Waals surface area contributed by atoms with E-state index in [1.165, 1.54) is 4.68 Å². The lowest BCUT2D eigenvalue weighted by molar-refractivity contribution is 0.0629. The Morgan fingerprint density at radius 1 is 1.41 bits per heavy atom. The lowest BCUT2D eigenvalue weighted by Crippen LogP contribution is -2.26. The average Bonchev–Trinajstić information content (AvgIpc) is 3.02. The van der Waals surface area contributed by atoms with Crippen LogP contribution in [0.15, 0.2) is 36.5 Å². The molecule has 1 amide bonds. The minimum Gasteiger partial charge on any atom is -0.375 e. The maximum Gasteiger partial charge on any atom is 0.269 e. The summed E-state index contributed by atoms with van der Waals surface area (Å²) < 4.78 is 30.3. The summed E-state index contributed by atoms with van der Waals surface area (Å²) >= 11 is 0. The molecule has 1 unspecified atom stereocenters. The molecule has 2 heterocycles. The SMILES string of the molecule is C=C1N(C)CC[C@@]1(O)C#Cc1cccc(-n2nc(C(N)=O)c3c2C[C@]2(C)C(C3)C2(F)F)c1. The van der Waals surface area contributed by atoms with Gasteiger partial charge in [-0.1, -0.05) is 31.4 Å². The molecule has 6 nitrogen and oxygen atoms in total. The molecule has 3 atom stereocenters. The van der Waals surface area contributed by atoms with Crippen molar-refractivity contribution in [2.45, 2.75) is 37.7 Å². The second-order valence-electron chi connectivity index (χ2n) is 9.30. The van der Waals surface area contributed by atoms with Crippen LogP contribution in [0.2, 0.25) is 0 Å². The van der Waals surface area contributed by atoms with Gasteiger partial charge >= 0.3 is 0 Å². The van der Waals surface area contributed by atoms with E-state index in [2.05, 4.69) is 23.5 Å². The number of nitrogens with zero attached hydrogens (tertiary/aromatic N) is 3. The van der Waals surface area contributed by atoms with Gasteiger partial charge in [0.15, 0.2) is 11.3 Å². The molecule has 32 heavy (non-hydrogen) atoms. The fourth-order valence-electron chi connectivity index (χ4n) is 5.06. The number of fused-ring (bicyclic) bond motifs is 2. The van der Waals surface area contributed by atoms with Gasteiger partial charge in [0.25, 0.3) is 11.8 Å². The number of benzene rings is 1. The molecule has 1 saturated heterocycles. The van der Waals surface area contributed by atoms with Crippen molar-refractivity contribution in [2.24, 2.45) is 17.1 Å². The highest BCUT2D eigenvalue weighted by atomic mass is 19.3. The summed E-state index contributed by atoms with van der Waals surface area (Å²) in [5.74, 6) is 1.61. The number of carbonyl (C=O) groups is 1. The van der Waals surface area contributed by atoms with Gasteiger partial charge in [-0.3, -0.25) is 4.79 Å². The normalized spacial score (nSPS) is 29.7. The highest BCUT2D eigenvalue weighted by Crippen LogP contribution is 2.70. The first kappa shape index (κ1) is 20.7. The van der Waals surface area contributed by atoms with Gasteiger partial charge in [0.05, 0.1) is 11.4 Å². The predicted molar refractivity (Wildman–Crippen MR) is 114 cm³/mol. The molecule has 0 bridgehead atoms. The van der Waals surface area contributed by atoms with Crippen LogP contribution >= 0.6 is 0 Å². The molecule has 1 aliphatic heterocycles. The van der Waals surface area contributed by atoms with E-state index in [0.29, 0.717) is 41.2 Å². The van der Waals surface area contributed by atoms with E-state index in [1.54, 1.807) is 31.2 Å². The molecule has 1 aromatic heterocycles. The Balaban J connectivity index is 1.54. The minimum absolute atomic E-state index is 0.0424. The zero-order valence-electron chi connectivity index (χ0n) is 18.0. The third kappa shape index (κ3) is 2.74. The summed E-state index contributed by atoms with van der Waals surface area (Å²) in [6.45, 7) is 6.17. The van der Waals surface area contributed by atoms with Gasteiger partial charge in [0, 0.05) is 54.6 Å². The Hall–Kier alpha value is -3.18. The largest absolute Gasteiger partial charge is 0.375 e. The lowest BCUT2D eigenvalue weighted by atomic mass is 9.87. The number of hydrogen-bond donors (Lipinski definition) is 2. The summed E-state index contributed by atoms with van der Waals surface area (Å²) in [5, 5.41) is 15.1. The number of alkyl halides is 2. The van der Waals surface area contributed by atoms with Crippen molar-refractivity contribution in [3.05, 3.63) is 59.1 Å². The standard InChI is InChI=1S/C24H24F2N4O2/c1-14-23(32,9-10-29(14)3)8-7-15-5-4-6-16(11-15)30-18-13-22(2)19(24(22,25)26)12-17(18)20(28-30)21(27)31/h4-6,11,19,32H,1,9-10,12-13H2,2-3H3,(H2,27,31)/t19?,22-,23+/m1/s1. The Morgan fingerprint density at radius 3 is 2.81 bits per heavy atom. The van der Waals surface area contributed by atoms with Crippen molar-refractivity contribution < 1.29 is 18.7 Å². The fourth-order valence-corrected chi connectivity index (χ4v) is 5.06. The summed E-state index contributed by atoms with van der Waals surface area (Å²) in [4.78, 5) is 13.9. The minimum atomic E-state index is -2.77. The van der Waals surface area contributed by atoms with Crippen LogP contribution in [0.4, 0.5) is 8.78 Å². The molecular formula is C24H24F2N4O2. The maximum atomic E-state index is 14.4. The third-order valence-corrected chi connectivity index (χ3v) is 7.40. The molecule has 8 heteroatoms. The number of amides is 1. The van der Waals surface area contributed by atoms with Crippen LogP contribution in [0.5, 0.6) is 0 Å². The van der Waals surface area contributed by atoms with Crippen LogP contribution in [0.1, 0.15) is 40.7 Å². The average molecular weight is 438 g/mol. The first-order chi connectivity index (χ1) is 15.0. The van der Waals surface area contributed by atoms with Crippen LogP contribution in [0.25, 0.3) is 5.69 Å². The topological polar surface area (TPSA) is 84.4 Å². The van der Waals surface area contributed by atoms with E-state index in [0.717, 1.165) is 0 Å². The molecule has 3 aliphatic rings. The molecule has 2 aliphatic carbocycles. The van der Waals surface area contributed by atoms with Gasteiger partial charge in [-0.2, -0.15) is 5.10 Å². The summed E-state index contributed by atoms with van der Waals surface area (Å²) in [6, 6.07) is 7.10. The van der Waals surface area contributed by atoms with Crippen molar-refractivity contribution in [2.75, 3.05) is 13.6 Å². The van der Waals surface area contributed by atoms with Crippen molar-refractivity contribution >= 4 is 5.91 Å². The van der Waals surface area contributed by atoms with Gasteiger partial charge in [0.1, 0.15) is 0 Å². The summed E-state index contributed by atoms with van der Waals surface area (Å²) in [7, 11) is 1.86. The Kier molecular flexibility index (Phi) is 4.16. The van der Waals surface area contributed by atoms with Gasteiger partial charge in [-0.15, -0.1) is 0 Å². The Labute approximate surface area is 184 Å². The second-order valence-corrected chi connectivity index (χ2v) is 9.30. The number of primary amides is 1. The van der Waals surface area contributed by atoms with Gasteiger partial charge in [0.2, 0.25) is 0 Å². The monoisotopic (exact) mass is 438 g/mol. The van der Waals surface area contributed by atoms with Crippen LogP contribution in [0, 0.1) is 23.2 Å². The van der Waals surface area contributed by atoms with E-state index >= 15 is 0 Å². The molecule has 166 valence electrons. The van der Waals surface area contributed by atoms with Crippen molar-refractivity contribution in [3.8, 4) is 17.5 Å². The number of carbonyl (C=O) groups excluding carboxylic acids is 1. The van der Waals surface area contributed by atoms with E-state index in [-0.39, 0.29) is 18.5 Å². The first-order valence-electron chi connectivity index (χ1n) is 10.5. The quantitative estimate of drug-likeness (QED) is 0.705. The molecule has 2 aromatic rings. The lowest BCUT2D eigenvalue weighted by Gasteiger charge is -2.19. The summed E-state index contributed by atoms with van der Waals surface area (Å²) in [5.41, 5.74) is 6.01. The zero-order valence-corrected chi connectivity index (χ0v) is 18.0. The first-order valence-corrected chi connectivity index (χ1v) is 10.5. The maximum absolute atomic E-state index is 14.4. The van der Waals surface area contributed by atoms with E-state index in [1.807, 2.05) is 11.9 Å². The van der Waals surface area contributed by atoms with Gasteiger partial charge < -0.3 is 15.7 Å². The molecule has 3 N–H and O–H groups in total. The molecule has 1 aromatic carbocycles. The van der Waals surface area contributed by atoms with Crippen molar-refractivity contribution in [3.63, 3.8) is 0 Å². The van der Waals surface area contributed by atoms with Crippen LogP contribution < -0.4 is 5.73 Å². The number of aliphatic hydroxyl groups is 1. The number of hydrogen-bond acceptors (Lipinski definition) is 4. The number of likely N-dealkylation sites (tertiary alicyclic amines) is 1. The van der Waals surface area contributed by atoms with E-state index in [9.17, 15) is 18.7 Å². The number of halogens is 2. The smallest absolute Gasteiger partial charge is 0.269 e. The molecule has 1 saturated carbocycles. The number of likely N-dealkylation sites (N-methyl/N-ethyl adjacent to an activating group) is 1. The van der Waals surface area contributed by atoms with E-state index < -0.39 is 28.8 Å². The molecular weight excluding hydrogens is 414 g/mol. The van der Waals surface area contributed by atoms with Crippen molar-refractivity contribution in [1.29, 1.82) is 0 Å². The highest BCUT2D eigenvalue weighted by molar-refractivity contribution is 5.93.